The molecule has 5 rings (SSSR count). The highest BCUT2D eigenvalue weighted by molar-refractivity contribution is 6.03. The van der Waals surface area contributed by atoms with Gasteiger partial charge in [-0.15, -0.1) is 0 Å². The number of hydrogen-bond donors (Lipinski definition) is 1. The van der Waals surface area contributed by atoms with E-state index in [-0.39, 0.29) is 12.6 Å². The van der Waals surface area contributed by atoms with Gasteiger partial charge in [0.05, 0.1) is 42.1 Å². The first-order chi connectivity index (χ1) is 15.7. The van der Waals surface area contributed by atoms with Gasteiger partial charge in [0.1, 0.15) is 5.75 Å². The fraction of sp³-hybridized carbons (Fsp3) is 0.154. The molecule has 0 fully saturated rings. The van der Waals surface area contributed by atoms with Crippen LogP contribution in [0.15, 0.2) is 84.4 Å². The Hall–Kier alpha value is -4.06. The summed E-state index contributed by atoms with van der Waals surface area (Å²) in [5.74, 6) is 1.07. The highest BCUT2D eigenvalue weighted by atomic mass is 16.5. The lowest BCUT2D eigenvalue weighted by atomic mass is 9.92. The molecule has 32 heavy (non-hydrogen) atoms. The number of carbonyl (C=O) groups excluding carboxylic acids is 1. The van der Waals surface area contributed by atoms with Crippen LogP contribution >= 0.6 is 0 Å². The summed E-state index contributed by atoms with van der Waals surface area (Å²) in [6, 6.07) is 25.1. The molecule has 0 saturated carbocycles. The first-order valence-electron chi connectivity index (χ1n) is 10.6. The van der Waals surface area contributed by atoms with E-state index in [1.165, 1.54) is 0 Å². The number of nitrogens with one attached hydrogen (secondary N) is 1. The van der Waals surface area contributed by atoms with E-state index in [0.29, 0.717) is 17.2 Å². The number of hydrogen-bond acceptors (Lipinski definition) is 5. The smallest absolute Gasteiger partial charge is 0.338 e. The van der Waals surface area contributed by atoms with Crippen LogP contribution in [0, 0.1) is 0 Å². The molecule has 0 radical (unpaired) electrons. The molecular weight excluding hydrogens is 402 g/mol. The van der Waals surface area contributed by atoms with E-state index in [2.05, 4.69) is 9.88 Å². The molecule has 4 aromatic rings. The number of carbonyl (C=O) groups is 1. The maximum absolute atomic E-state index is 13.4. The van der Waals surface area contributed by atoms with Gasteiger partial charge in [0.2, 0.25) is 5.95 Å². The first kappa shape index (κ1) is 19.9. The summed E-state index contributed by atoms with van der Waals surface area (Å²) in [7, 11) is 1.64. The summed E-state index contributed by atoms with van der Waals surface area (Å²) in [5, 5.41) is 3.42. The van der Waals surface area contributed by atoms with Gasteiger partial charge in [0.15, 0.2) is 0 Å². The summed E-state index contributed by atoms with van der Waals surface area (Å²) >= 11 is 0. The van der Waals surface area contributed by atoms with Crippen molar-refractivity contribution in [3.8, 4) is 5.75 Å². The van der Waals surface area contributed by atoms with Crippen LogP contribution in [0.25, 0.3) is 16.7 Å². The van der Waals surface area contributed by atoms with Crippen molar-refractivity contribution < 1.29 is 14.3 Å². The Bertz CT molecular complexity index is 1310. The third-order valence-corrected chi connectivity index (χ3v) is 5.62. The molecule has 2 heterocycles. The van der Waals surface area contributed by atoms with Gasteiger partial charge in [0.25, 0.3) is 0 Å². The van der Waals surface area contributed by atoms with Gasteiger partial charge in [-0.05, 0) is 42.3 Å². The highest BCUT2D eigenvalue weighted by Gasteiger charge is 2.36. The Labute approximate surface area is 186 Å². The van der Waals surface area contributed by atoms with E-state index in [4.69, 9.17) is 14.5 Å². The lowest BCUT2D eigenvalue weighted by molar-refractivity contribution is -0.138. The fourth-order valence-corrected chi connectivity index (χ4v) is 4.20. The topological polar surface area (TPSA) is 65.4 Å². The third kappa shape index (κ3) is 3.30. The fourth-order valence-electron chi connectivity index (χ4n) is 4.20. The zero-order valence-corrected chi connectivity index (χ0v) is 17.9. The highest BCUT2D eigenvalue weighted by Crippen LogP contribution is 2.42. The van der Waals surface area contributed by atoms with Crippen LogP contribution in [-0.4, -0.2) is 29.2 Å². The van der Waals surface area contributed by atoms with Gasteiger partial charge in [0, 0.05) is 0 Å². The molecule has 0 spiro atoms. The van der Waals surface area contributed by atoms with Crippen LogP contribution in [0.3, 0.4) is 0 Å². The molecule has 1 unspecified atom stereocenters. The monoisotopic (exact) mass is 425 g/mol. The Morgan fingerprint density at radius 2 is 1.72 bits per heavy atom. The maximum Gasteiger partial charge on any atom is 0.338 e. The van der Waals surface area contributed by atoms with Crippen molar-refractivity contribution in [2.24, 2.45) is 0 Å². The molecule has 0 aliphatic carbocycles. The van der Waals surface area contributed by atoms with E-state index in [1.54, 1.807) is 7.11 Å². The van der Waals surface area contributed by atoms with Crippen molar-refractivity contribution in [2.45, 2.75) is 13.0 Å². The normalized spacial score (nSPS) is 15.2. The molecule has 6 nitrogen and oxygen atoms in total. The lowest BCUT2D eigenvalue weighted by Gasteiger charge is -2.31. The van der Waals surface area contributed by atoms with Gasteiger partial charge >= 0.3 is 5.97 Å². The number of anilines is 1. The molecule has 1 aliphatic rings. The summed E-state index contributed by atoms with van der Waals surface area (Å²) < 4.78 is 13.0. The lowest BCUT2D eigenvalue weighted by Crippen LogP contribution is -2.29. The van der Waals surface area contributed by atoms with Crippen LogP contribution in [0.2, 0.25) is 0 Å². The third-order valence-electron chi connectivity index (χ3n) is 5.62. The number of aromatic nitrogens is 2. The van der Waals surface area contributed by atoms with Crippen molar-refractivity contribution in [2.75, 3.05) is 19.0 Å². The summed E-state index contributed by atoms with van der Waals surface area (Å²) in [4.78, 5) is 18.2. The van der Waals surface area contributed by atoms with Crippen molar-refractivity contribution in [3.05, 3.63) is 95.6 Å². The van der Waals surface area contributed by atoms with Crippen molar-refractivity contribution >= 4 is 28.6 Å². The van der Waals surface area contributed by atoms with Crippen molar-refractivity contribution in [1.29, 1.82) is 0 Å². The Kier molecular flexibility index (Phi) is 5.11. The summed E-state index contributed by atoms with van der Waals surface area (Å²) in [6.45, 7) is 2.11. The molecule has 1 aliphatic heterocycles. The van der Waals surface area contributed by atoms with Crippen LogP contribution < -0.4 is 10.1 Å². The molecule has 1 N–H and O–H groups in total. The zero-order valence-electron chi connectivity index (χ0n) is 17.9. The second kappa shape index (κ2) is 8.23. The molecule has 3 aromatic carbocycles. The largest absolute Gasteiger partial charge is 0.497 e. The van der Waals surface area contributed by atoms with Crippen LogP contribution in [-0.2, 0) is 9.53 Å². The molecule has 1 aromatic heterocycles. The molecule has 0 saturated heterocycles. The number of imidazole rings is 1. The Morgan fingerprint density at radius 1 is 1.00 bits per heavy atom. The number of nitrogens with zero attached hydrogens (tertiary/aromatic N) is 2. The Morgan fingerprint density at radius 3 is 2.44 bits per heavy atom. The van der Waals surface area contributed by atoms with E-state index < -0.39 is 6.04 Å². The minimum Gasteiger partial charge on any atom is -0.497 e. The van der Waals surface area contributed by atoms with Crippen LogP contribution in [0.4, 0.5) is 5.95 Å². The second-order valence-electron chi connectivity index (χ2n) is 7.47. The van der Waals surface area contributed by atoms with Crippen LogP contribution in [0.1, 0.15) is 24.1 Å². The number of fused-ring (bicyclic) bond motifs is 3. The average Bonchev–Trinajstić information content (AvgIpc) is 3.22. The van der Waals surface area contributed by atoms with Gasteiger partial charge in [-0.1, -0.05) is 54.6 Å². The van der Waals surface area contributed by atoms with E-state index >= 15 is 0 Å². The first-order valence-corrected chi connectivity index (χ1v) is 10.6. The number of para-hydroxylation sites is 2. The molecule has 0 bridgehead atoms. The summed E-state index contributed by atoms with van der Waals surface area (Å²) in [6.07, 6.45) is 0. The average molecular weight is 425 g/mol. The quantitative estimate of drug-likeness (QED) is 0.454. The van der Waals surface area contributed by atoms with Crippen molar-refractivity contribution in [1.82, 2.24) is 9.55 Å². The van der Waals surface area contributed by atoms with Crippen molar-refractivity contribution in [3.63, 3.8) is 0 Å². The van der Waals surface area contributed by atoms with Gasteiger partial charge in [-0.25, -0.2) is 9.78 Å². The molecule has 0 amide bonds. The summed E-state index contributed by atoms with van der Waals surface area (Å²) in [5.41, 5.74) is 4.86. The minimum absolute atomic E-state index is 0.289. The SMILES string of the molecule is CCOC(=O)C1=C(c2ccccc2)Nc2nc3ccccc3n2C1c1ccc(OC)cc1. The van der Waals surface area contributed by atoms with Gasteiger partial charge < -0.3 is 14.8 Å². The number of esters is 1. The molecule has 160 valence electrons. The van der Waals surface area contributed by atoms with E-state index in [9.17, 15) is 4.79 Å². The predicted molar refractivity (Wildman–Crippen MR) is 124 cm³/mol. The maximum atomic E-state index is 13.4. The predicted octanol–water partition coefficient (Wildman–Crippen LogP) is 5.03. The zero-order chi connectivity index (χ0) is 22.1. The van der Waals surface area contributed by atoms with Gasteiger partial charge in [-0.3, -0.25) is 4.57 Å². The number of ether oxygens (including phenoxy) is 2. The second-order valence-corrected chi connectivity index (χ2v) is 7.47. The van der Waals surface area contributed by atoms with Gasteiger partial charge in [-0.2, -0.15) is 0 Å². The van der Waals surface area contributed by atoms with Crippen LogP contribution in [0.5, 0.6) is 5.75 Å². The number of benzene rings is 3. The minimum atomic E-state index is -0.418. The number of methoxy groups -OCH3 is 1. The van der Waals surface area contributed by atoms with E-state index in [0.717, 1.165) is 27.9 Å². The molecular formula is C26H23N3O3. The molecule has 1 atom stereocenters. The van der Waals surface area contributed by atoms with E-state index in [1.807, 2.05) is 85.8 Å². The molecule has 6 heteroatoms. The standard InChI is InChI=1S/C26H23N3O3/c1-3-32-25(30)22-23(17-9-5-4-6-10-17)28-26-27-20-11-7-8-12-21(20)29(26)24(22)18-13-15-19(31-2)16-14-18/h4-16,24H,3H2,1-2H3,(H,27,28). The Balaban J connectivity index is 1.81. The number of rotatable bonds is 5.